The number of carbonyl (C=O) groups is 1. The molecule has 1 aliphatic rings. The third kappa shape index (κ3) is 2.78. The second-order valence-electron chi connectivity index (χ2n) is 7.73. The van der Waals surface area contributed by atoms with Crippen molar-refractivity contribution in [1.82, 2.24) is 24.4 Å². The van der Waals surface area contributed by atoms with E-state index in [9.17, 15) is 4.79 Å². The first-order valence-corrected chi connectivity index (χ1v) is 10.4. The molecule has 0 saturated carbocycles. The number of carbonyl (C=O) groups excluding carboxylic acids is 1. The predicted molar refractivity (Wildman–Crippen MR) is 115 cm³/mol. The van der Waals surface area contributed by atoms with Crippen molar-refractivity contribution >= 4 is 28.8 Å². The fraction of sp³-hybridized carbons (Fsp3) is 0.273. The van der Waals surface area contributed by atoms with Crippen molar-refractivity contribution < 1.29 is 9.18 Å². The Balaban J connectivity index is 1.78. The van der Waals surface area contributed by atoms with Gasteiger partial charge in [-0.25, -0.2) is 4.39 Å². The summed E-state index contributed by atoms with van der Waals surface area (Å²) in [6.07, 6.45) is 1.81. The van der Waals surface area contributed by atoms with Crippen LogP contribution in [0.5, 0.6) is 0 Å². The standard InChI is InChI=1S/C22H20ClFN6O/c1-5-29-12(3)18-19(27-29)22(31)30(20(18)16-7-6-14(23)9-17(16)24)15-8-11(2)21-26-25-13(4)28(21)10-15/h6-10,20H,5H2,1-4H3. The van der Waals surface area contributed by atoms with E-state index in [0.717, 1.165) is 11.3 Å². The largest absolute Gasteiger partial charge is 0.294 e. The fourth-order valence-electron chi connectivity index (χ4n) is 4.38. The second kappa shape index (κ2) is 6.88. The Kier molecular flexibility index (Phi) is 4.37. The lowest BCUT2D eigenvalue weighted by molar-refractivity contribution is 0.0987. The van der Waals surface area contributed by atoms with Gasteiger partial charge < -0.3 is 0 Å². The third-order valence-corrected chi connectivity index (χ3v) is 6.12. The molecule has 0 bridgehead atoms. The maximum Gasteiger partial charge on any atom is 0.280 e. The van der Waals surface area contributed by atoms with E-state index in [1.54, 1.807) is 21.7 Å². The zero-order valence-electron chi connectivity index (χ0n) is 17.5. The topological polar surface area (TPSA) is 68.3 Å². The Morgan fingerprint density at radius 2 is 1.94 bits per heavy atom. The van der Waals surface area contributed by atoms with Gasteiger partial charge in [-0.15, -0.1) is 10.2 Å². The van der Waals surface area contributed by atoms with E-state index in [-0.39, 0.29) is 5.91 Å². The van der Waals surface area contributed by atoms with Crippen LogP contribution in [0.15, 0.2) is 30.5 Å². The van der Waals surface area contributed by atoms with Crippen LogP contribution in [-0.2, 0) is 6.54 Å². The number of rotatable bonds is 3. The minimum atomic E-state index is -0.659. The molecule has 0 radical (unpaired) electrons. The van der Waals surface area contributed by atoms with Crippen molar-refractivity contribution in [3.8, 4) is 0 Å². The Morgan fingerprint density at radius 1 is 1.16 bits per heavy atom. The van der Waals surface area contributed by atoms with Crippen molar-refractivity contribution in [1.29, 1.82) is 0 Å². The summed E-state index contributed by atoms with van der Waals surface area (Å²) < 4.78 is 18.7. The molecule has 0 N–H and O–H groups in total. The maximum atomic E-state index is 15.1. The number of pyridine rings is 1. The van der Waals surface area contributed by atoms with E-state index in [4.69, 9.17) is 11.6 Å². The monoisotopic (exact) mass is 438 g/mol. The van der Waals surface area contributed by atoms with Crippen molar-refractivity contribution in [3.63, 3.8) is 0 Å². The number of nitrogens with zero attached hydrogens (tertiary/aromatic N) is 6. The average molecular weight is 439 g/mol. The van der Waals surface area contributed by atoms with Crippen LogP contribution in [0.4, 0.5) is 10.1 Å². The zero-order valence-corrected chi connectivity index (χ0v) is 18.3. The van der Waals surface area contributed by atoms with Crippen molar-refractivity contribution in [2.45, 2.75) is 40.3 Å². The van der Waals surface area contributed by atoms with Gasteiger partial charge in [0.05, 0.1) is 11.7 Å². The van der Waals surface area contributed by atoms with Crippen LogP contribution in [-0.4, -0.2) is 30.3 Å². The van der Waals surface area contributed by atoms with Gasteiger partial charge in [0.2, 0.25) is 0 Å². The van der Waals surface area contributed by atoms with E-state index in [0.29, 0.717) is 45.5 Å². The predicted octanol–water partition coefficient (Wildman–Crippen LogP) is 4.41. The minimum Gasteiger partial charge on any atom is -0.294 e. The van der Waals surface area contributed by atoms with Crippen LogP contribution in [0.25, 0.3) is 5.65 Å². The molecule has 5 rings (SSSR count). The lowest BCUT2D eigenvalue weighted by atomic mass is 9.98. The first kappa shape index (κ1) is 19.7. The quantitative estimate of drug-likeness (QED) is 0.475. The number of benzene rings is 1. The van der Waals surface area contributed by atoms with E-state index in [1.165, 1.54) is 6.07 Å². The normalized spacial score (nSPS) is 15.9. The van der Waals surface area contributed by atoms with Gasteiger partial charge in [0.15, 0.2) is 11.3 Å². The minimum absolute atomic E-state index is 0.269. The fourth-order valence-corrected chi connectivity index (χ4v) is 4.54. The molecule has 31 heavy (non-hydrogen) atoms. The first-order chi connectivity index (χ1) is 14.8. The van der Waals surface area contributed by atoms with Crippen molar-refractivity contribution in [2.75, 3.05) is 4.90 Å². The summed E-state index contributed by atoms with van der Waals surface area (Å²) in [7, 11) is 0. The van der Waals surface area contributed by atoms with E-state index >= 15 is 4.39 Å². The number of aryl methyl sites for hydroxylation is 3. The molecule has 7 nitrogen and oxygen atoms in total. The van der Waals surface area contributed by atoms with Gasteiger partial charge in [-0.05, 0) is 51.5 Å². The van der Waals surface area contributed by atoms with Crippen LogP contribution in [0.1, 0.15) is 51.7 Å². The molecule has 1 unspecified atom stereocenters. The highest BCUT2D eigenvalue weighted by molar-refractivity contribution is 6.30. The van der Waals surface area contributed by atoms with Gasteiger partial charge >= 0.3 is 0 Å². The highest BCUT2D eigenvalue weighted by Gasteiger charge is 2.44. The Labute approximate surface area is 183 Å². The van der Waals surface area contributed by atoms with Crippen LogP contribution in [0.3, 0.4) is 0 Å². The van der Waals surface area contributed by atoms with Crippen LogP contribution < -0.4 is 4.90 Å². The summed E-state index contributed by atoms with van der Waals surface area (Å²) in [6.45, 7) is 8.24. The van der Waals surface area contributed by atoms with Gasteiger partial charge in [-0.3, -0.25) is 18.8 Å². The summed E-state index contributed by atoms with van der Waals surface area (Å²) in [5.74, 6) is -0.0369. The summed E-state index contributed by atoms with van der Waals surface area (Å²) in [6, 6.07) is 5.76. The lowest BCUT2D eigenvalue weighted by Crippen LogP contribution is -2.30. The van der Waals surface area contributed by atoms with Gasteiger partial charge in [0.1, 0.15) is 11.6 Å². The second-order valence-corrected chi connectivity index (χ2v) is 8.17. The summed E-state index contributed by atoms with van der Waals surface area (Å²) in [5, 5.41) is 13.1. The van der Waals surface area contributed by atoms with E-state index in [2.05, 4.69) is 15.3 Å². The first-order valence-electron chi connectivity index (χ1n) is 9.99. The number of aromatic nitrogens is 5. The Morgan fingerprint density at radius 3 is 2.65 bits per heavy atom. The molecule has 0 saturated heterocycles. The van der Waals surface area contributed by atoms with Gasteiger partial charge in [-0.2, -0.15) is 5.10 Å². The molecule has 1 amide bonds. The van der Waals surface area contributed by atoms with Crippen LogP contribution in [0, 0.1) is 26.6 Å². The SMILES string of the molecule is CCn1nc2c(c1C)C(c1ccc(Cl)cc1F)N(c1cc(C)c3nnc(C)n3c1)C2=O. The number of fused-ring (bicyclic) bond motifs is 2. The Bertz CT molecular complexity index is 1370. The number of hydrogen-bond donors (Lipinski definition) is 0. The molecule has 0 spiro atoms. The smallest absolute Gasteiger partial charge is 0.280 e. The molecule has 4 aromatic rings. The van der Waals surface area contributed by atoms with Crippen LogP contribution >= 0.6 is 11.6 Å². The molecule has 4 heterocycles. The highest BCUT2D eigenvalue weighted by Crippen LogP contribution is 2.44. The van der Waals surface area contributed by atoms with Gasteiger partial charge in [0, 0.05) is 34.6 Å². The summed E-state index contributed by atoms with van der Waals surface area (Å²) in [5.41, 5.74) is 4.47. The highest BCUT2D eigenvalue weighted by atomic mass is 35.5. The molecule has 3 aromatic heterocycles. The van der Waals surface area contributed by atoms with Crippen molar-refractivity contribution in [2.24, 2.45) is 0 Å². The van der Waals surface area contributed by atoms with Crippen molar-refractivity contribution in [3.05, 3.63) is 75.2 Å². The number of hydrogen-bond acceptors (Lipinski definition) is 4. The average Bonchev–Trinajstić information content (AvgIpc) is 3.35. The van der Waals surface area contributed by atoms with E-state index < -0.39 is 11.9 Å². The maximum absolute atomic E-state index is 15.1. The lowest BCUT2D eigenvalue weighted by Gasteiger charge is -2.27. The molecular weight excluding hydrogens is 419 g/mol. The van der Waals surface area contributed by atoms with Gasteiger partial charge in [-0.1, -0.05) is 17.7 Å². The van der Waals surface area contributed by atoms with E-state index in [1.807, 2.05) is 44.4 Å². The van der Waals surface area contributed by atoms with Crippen LogP contribution in [0.2, 0.25) is 5.02 Å². The summed E-state index contributed by atoms with van der Waals surface area (Å²) in [4.78, 5) is 15.2. The zero-order chi connectivity index (χ0) is 22.0. The molecule has 1 atom stereocenters. The molecule has 0 aliphatic carbocycles. The molecular formula is C22H20ClFN6O. The third-order valence-electron chi connectivity index (χ3n) is 5.89. The number of amides is 1. The molecule has 158 valence electrons. The van der Waals surface area contributed by atoms with Gasteiger partial charge in [0.25, 0.3) is 5.91 Å². The molecule has 9 heteroatoms. The molecule has 1 aliphatic heterocycles. The molecule has 1 aromatic carbocycles. The summed E-state index contributed by atoms with van der Waals surface area (Å²) >= 11 is 6.00. The molecule has 0 fully saturated rings. The number of anilines is 1. The Hall–Kier alpha value is -3.26. The number of halogens is 2.